The standard InChI is InChI=1S/C14H18N2O3/c17-13(11-7-4-8-15-9-11)16-12(14(18)19)10-5-2-1-3-6-10/h4,7-10,12H,1-3,5-6H2,(H,16,17)(H,18,19)/t12-/m0/s1. The number of rotatable bonds is 4. The second kappa shape index (κ2) is 6.31. The minimum absolute atomic E-state index is 0.0341. The summed E-state index contributed by atoms with van der Waals surface area (Å²) in [5.41, 5.74) is 0.393. The maximum absolute atomic E-state index is 12.0. The van der Waals surface area contributed by atoms with Crippen LogP contribution in [0, 0.1) is 5.92 Å². The molecule has 1 aromatic rings. The van der Waals surface area contributed by atoms with Crippen molar-refractivity contribution in [3.8, 4) is 0 Å². The summed E-state index contributed by atoms with van der Waals surface area (Å²) < 4.78 is 0. The van der Waals surface area contributed by atoms with Crippen molar-refractivity contribution in [1.29, 1.82) is 0 Å². The van der Waals surface area contributed by atoms with Crippen LogP contribution in [-0.2, 0) is 4.79 Å². The van der Waals surface area contributed by atoms with E-state index in [0.29, 0.717) is 5.56 Å². The number of carbonyl (C=O) groups is 2. The van der Waals surface area contributed by atoms with Crippen molar-refractivity contribution < 1.29 is 14.7 Å². The number of hydrogen-bond donors (Lipinski definition) is 2. The average Bonchev–Trinajstić information content (AvgIpc) is 2.46. The molecule has 5 heteroatoms. The van der Waals surface area contributed by atoms with Crippen molar-refractivity contribution >= 4 is 11.9 Å². The molecule has 5 nitrogen and oxygen atoms in total. The second-order valence-electron chi connectivity index (χ2n) is 4.93. The summed E-state index contributed by atoms with van der Waals surface area (Å²) in [7, 11) is 0. The number of amides is 1. The van der Waals surface area contributed by atoms with E-state index in [2.05, 4.69) is 10.3 Å². The van der Waals surface area contributed by atoms with Crippen LogP contribution in [0.3, 0.4) is 0 Å². The predicted octanol–water partition coefficient (Wildman–Crippen LogP) is 1.84. The highest BCUT2D eigenvalue weighted by Gasteiger charge is 2.30. The van der Waals surface area contributed by atoms with Crippen LogP contribution in [0.5, 0.6) is 0 Å². The lowest BCUT2D eigenvalue weighted by molar-refractivity contribution is -0.141. The van der Waals surface area contributed by atoms with Crippen molar-refractivity contribution in [2.45, 2.75) is 38.1 Å². The molecule has 1 saturated carbocycles. The van der Waals surface area contributed by atoms with Crippen LogP contribution in [0.25, 0.3) is 0 Å². The lowest BCUT2D eigenvalue weighted by Crippen LogP contribution is -2.46. The summed E-state index contributed by atoms with van der Waals surface area (Å²) in [6.45, 7) is 0. The molecule has 1 atom stereocenters. The van der Waals surface area contributed by atoms with Crippen LogP contribution in [0.15, 0.2) is 24.5 Å². The molecule has 1 aromatic heterocycles. The molecule has 0 radical (unpaired) electrons. The van der Waals surface area contributed by atoms with Gasteiger partial charge in [-0.1, -0.05) is 19.3 Å². The molecular weight excluding hydrogens is 244 g/mol. The summed E-state index contributed by atoms with van der Waals surface area (Å²) in [6.07, 6.45) is 7.98. The Morgan fingerprint density at radius 1 is 1.32 bits per heavy atom. The number of carbonyl (C=O) groups excluding carboxylic acids is 1. The van der Waals surface area contributed by atoms with E-state index in [1.54, 1.807) is 18.3 Å². The van der Waals surface area contributed by atoms with Crippen molar-refractivity contribution in [2.75, 3.05) is 0 Å². The van der Waals surface area contributed by atoms with Crippen LogP contribution in [0.1, 0.15) is 42.5 Å². The molecule has 0 unspecified atom stereocenters. The largest absolute Gasteiger partial charge is 0.480 e. The van der Waals surface area contributed by atoms with Gasteiger partial charge in [0.2, 0.25) is 0 Å². The van der Waals surface area contributed by atoms with E-state index in [1.165, 1.54) is 6.20 Å². The van der Waals surface area contributed by atoms with Gasteiger partial charge in [-0.25, -0.2) is 4.79 Å². The van der Waals surface area contributed by atoms with Crippen molar-refractivity contribution in [3.05, 3.63) is 30.1 Å². The normalized spacial score (nSPS) is 17.7. The fraction of sp³-hybridized carbons (Fsp3) is 0.500. The minimum atomic E-state index is -0.954. The third kappa shape index (κ3) is 3.53. The number of carboxylic acid groups (broad SMARTS) is 1. The van der Waals surface area contributed by atoms with Gasteiger partial charge in [0, 0.05) is 12.4 Å². The number of nitrogens with zero attached hydrogens (tertiary/aromatic N) is 1. The van der Waals surface area contributed by atoms with Crippen LogP contribution in [-0.4, -0.2) is 28.0 Å². The third-order valence-electron chi connectivity index (χ3n) is 3.60. The molecule has 102 valence electrons. The van der Waals surface area contributed by atoms with Crippen molar-refractivity contribution in [2.24, 2.45) is 5.92 Å². The summed E-state index contributed by atoms with van der Waals surface area (Å²) in [5.74, 6) is -1.29. The molecule has 0 aliphatic heterocycles. The molecule has 1 aliphatic carbocycles. The van der Waals surface area contributed by atoms with Gasteiger partial charge >= 0.3 is 5.97 Å². The first-order valence-electron chi connectivity index (χ1n) is 6.62. The van der Waals surface area contributed by atoms with Crippen LogP contribution in [0.4, 0.5) is 0 Å². The van der Waals surface area contributed by atoms with E-state index in [4.69, 9.17) is 0 Å². The zero-order chi connectivity index (χ0) is 13.7. The quantitative estimate of drug-likeness (QED) is 0.867. The molecule has 0 spiro atoms. The van der Waals surface area contributed by atoms with Gasteiger partial charge in [0.25, 0.3) is 5.91 Å². The minimum Gasteiger partial charge on any atom is -0.480 e. The first-order chi connectivity index (χ1) is 9.18. The molecule has 2 N–H and O–H groups in total. The molecule has 0 aromatic carbocycles. The van der Waals surface area contributed by atoms with Crippen molar-refractivity contribution in [3.63, 3.8) is 0 Å². The fourth-order valence-corrected chi connectivity index (χ4v) is 2.57. The first-order valence-corrected chi connectivity index (χ1v) is 6.62. The van der Waals surface area contributed by atoms with Gasteiger partial charge in [0.05, 0.1) is 5.56 Å². The fourth-order valence-electron chi connectivity index (χ4n) is 2.57. The van der Waals surface area contributed by atoms with Crippen LogP contribution >= 0.6 is 0 Å². The number of pyridine rings is 1. The zero-order valence-electron chi connectivity index (χ0n) is 10.7. The Hall–Kier alpha value is -1.91. The van der Waals surface area contributed by atoms with Gasteiger partial charge in [-0.15, -0.1) is 0 Å². The average molecular weight is 262 g/mol. The number of nitrogens with one attached hydrogen (secondary N) is 1. The smallest absolute Gasteiger partial charge is 0.326 e. The first kappa shape index (κ1) is 13.5. The van der Waals surface area contributed by atoms with E-state index in [0.717, 1.165) is 32.1 Å². The number of aromatic nitrogens is 1. The second-order valence-corrected chi connectivity index (χ2v) is 4.93. The Balaban J connectivity index is 2.04. The maximum Gasteiger partial charge on any atom is 0.326 e. The molecule has 1 aliphatic rings. The Labute approximate surface area is 112 Å². The van der Waals surface area contributed by atoms with Gasteiger partial charge in [-0.3, -0.25) is 9.78 Å². The van der Waals surface area contributed by atoms with E-state index in [-0.39, 0.29) is 11.8 Å². The lowest BCUT2D eigenvalue weighted by Gasteiger charge is -2.27. The molecule has 19 heavy (non-hydrogen) atoms. The molecule has 0 bridgehead atoms. The SMILES string of the molecule is O=C(N[C@H](C(=O)O)C1CCCCC1)c1cccnc1. The highest BCUT2D eigenvalue weighted by atomic mass is 16.4. The molecule has 2 rings (SSSR count). The number of aliphatic carboxylic acids is 1. The third-order valence-corrected chi connectivity index (χ3v) is 3.60. The maximum atomic E-state index is 12.0. The molecule has 1 fully saturated rings. The van der Waals surface area contributed by atoms with Crippen LogP contribution < -0.4 is 5.32 Å². The number of carboxylic acids is 1. The van der Waals surface area contributed by atoms with E-state index < -0.39 is 12.0 Å². The van der Waals surface area contributed by atoms with Gasteiger partial charge in [0.15, 0.2) is 0 Å². The van der Waals surface area contributed by atoms with Gasteiger partial charge in [-0.2, -0.15) is 0 Å². The molecule has 1 amide bonds. The Morgan fingerprint density at radius 3 is 2.63 bits per heavy atom. The molecule has 0 saturated heterocycles. The summed E-state index contributed by atoms with van der Waals surface area (Å²) >= 11 is 0. The summed E-state index contributed by atoms with van der Waals surface area (Å²) in [5, 5.41) is 11.9. The Bertz CT molecular complexity index is 441. The zero-order valence-corrected chi connectivity index (χ0v) is 10.7. The van der Waals surface area contributed by atoms with Crippen LogP contribution in [0.2, 0.25) is 0 Å². The predicted molar refractivity (Wildman–Crippen MR) is 69.7 cm³/mol. The van der Waals surface area contributed by atoms with E-state index in [9.17, 15) is 14.7 Å². The summed E-state index contributed by atoms with van der Waals surface area (Å²) in [4.78, 5) is 27.2. The summed E-state index contributed by atoms with van der Waals surface area (Å²) in [6, 6.07) is 2.49. The highest BCUT2D eigenvalue weighted by Crippen LogP contribution is 2.26. The lowest BCUT2D eigenvalue weighted by atomic mass is 9.84. The van der Waals surface area contributed by atoms with Gasteiger partial charge < -0.3 is 10.4 Å². The van der Waals surface area contributed by atoms with Crippen molar-refractivity contribution in [1.82, 2.24) is 10.3 Å². The molecule has 1 heterocycles. The Kier molecular flexibility index (Phi) is 4.49. The highest BCUT2D eigenvalue weighted by molar-refractivity contribution is 5.96. The van der Waals surface area contributed by atoms with E-state index >= 15 is 0 Å². The molecular formula is C14H18N2O3. The van der Waals surface area contributed by atoms with E-state index in [1.807, 2.05) is 0 Å². The Morgan fingerprint density at radius 2 is 2.05 bits per heavy atom. The number of hydrogen-bond acceptors (Lipinski definition) is 3. The van der Waals surface area contributed by atoms with Gasteiger partial charge in [0.1, 0.15) is 6.04 Å². The monoisotopic (exact) mass is 262 g/mol. The van der Waals surface area contributed by atoms with Gasteiger partial charge in [-0.05, 0) is 30.9 Å². The topological polar surface area (TPSA) is 79.3 Å².